The van der Waals surface area contributed by atoms with E-state index in [2.05, 4.69) is 0 Å². The summed E-state index contributed by atoms with van der Waals surface area (Å²) in [7, 11) is 0. The molecule has 1 atom stereocenters. The lowest BCUT2D eigenvalue weighted by atomic mass is 9.80. The third kappa shape index (κ3) is 2.58. The lowest BCUT2D eigenvalue weighted by Crippen LogP contribution is -2.23. The number of aryl methyl sites for hydroxylation is 1. The molecule has 0 aliphatic heterocycles. The number of carbonyl (C=O) groups is 1. The van der Waals surface area contributed by atoms with Crippen LogP contribution in [-0.2, 0) is 12.8 Å². The van der Waals surface area contributed by atoms with E-state index >= 15 is 0 Å². The molecule has 2 aromatic rings. The second-order valence-corrected chi connectivity index (χ2v) is 5.32. The van der Waals surface area contributed by atoms with Crippen LogP contribution in [0.4, 0.5) is 13.2 Å². The van der Waals surface area contributed by atoms with Crippen LogP contribution in [0.25, 0.3) is 0 Å². The van der Waals surface area contributed by atoms with E-state index in [1.54, 1.807) is 0 Å². The Balaban J connectivity index is 1.89. The molecule has 21 heavy (non-hydrogen) atoms. The first kappa shape index (κ1) is 13.9. The highest BCUT2D eigenvalue weighted by Gasteiger charge is 2.28. The fourth-order valence-electron chi connectivity index (χ4n) is 2.85. The molecule has 0 amide bonds. The van der Waals surface area contributed by atoms with Gasteiger partial charge in [0.1, 0.15) is 5.82 Å². The van der Waals surface area contributed by atoms with Crippen molar-refractivity contribution in [2.45, 2.75) is 19.3 Å². The molecule has 4 heteroatoms. The summed E-state index contributed by atoms with van der Waals surface area (Å²) in [4.78, 5) is 12.4. The lowest BCUT2D eigenvalue weighted by Gasteiger charge is -2.23. The van der Waals surface area contributed by atoms with Gasteiger partial charge in [-0.05, 0) is 36.5 Å². The van der Waals surface area contributed by atoms with Gasteiger partial charge in [0.2, 0.25) is 0 Å². The Morgan fingerprint density at radius 2 is 1.62 bits per heavy atom. The predicted molar refractivity (Wildman–Crippen MR) is 72.6 cm³/mol. The van der Waals surface area contributed by atoms with Gasteiger partial charge < -0.3 is 0 Å². The Hall–Kier alpha value is -2.10. The summed E-state index contributed by atoms with van der Waals surface area (Å²) in [6, 6.07) is 8.87. The maximum absolute atomic E-state index is 13.7. The molecule has 0 aromatic heterocycles. The highest BCUT2D eigenvalue weighted by molar-refractivity contribution is 5.98. The van der Waals surface area contributed by atoms with E-state index in [1.165, 1.54) is 5.56 Å². The first-order valence-corrected chi connectivity index (χ1v) is 6.82. The van der Waals surface area contributed by atoms with Crippen molar-refractivity contribution in [1.82, 2.24) is 0 Å². The number of Topliss-reactive ketones (excluding diaryl/α,β-unsaturated/α-hetero) is 1. The van der Waals surface area contributed by atoms with Gasteiger partial charge in [0.15, 0.2) is 17.4 Å². The van der Waals surface area contributed by atoms with Crippen LogP contribution in [-0.4, -0.2) is 5.78 Å². The third-order valence-electron chi connectivity index (χ3n) is 3.99. The standard InChI is InChI=1S/C17H13F3O/c18-14-9-16(20)15(19)8-13(14)17(21)12-6-5-10-3-1-2-4-11(10)7-12/h1-4,8-9,12H,5-7H2. The van der Waals surface area contributed by atoms with E-state index in [-0.39, 0.29) is 11.5 Å². The topological polar surface area (TPSA) is 17.1 Å². The number of hydrogen-bond acceptors (Lipinski definition) is 1. The molecule has 0 saturated heterocycles. The van der Waals surface area contributed by atoms with E-state index in [4.69, 9.17) is 0 Å². The van der Waals surface area contributed by atoms with Crippen LogP contribution in [0.1, 0.15) is 27.9 Å². The average Bonchev–Trinajstić information content (AvgIpc) is 2.50. The molecule has 1 unspecified atom stereocenters. The molecule has 1 aliphatic rings. The minimum Gasteiger partial charge on any atom is -0.294 e. The van der Waals surface area contributed by atoms with E-state index in [1.807, 2.05) is 24.3 Å². The molecule has 1 aliphatic carbocycles. The molecule has 3 rings (SSSR count). The maximum Gasteiger partial charge on any atom is 0.169 e. The predicted octanol–water partition coefficient (Wildman–Crippen LogP) is 4.09. The van der Waals surface area contributed by atoms with Crippen LogP contribution in [0, 0.1) is 23.4 Å². The fourth-order valence-corrected chi connectivity index (χ4v) is 2.85. The average molecular weight is 290 g/mol. The van der Waals surface area contributed by atoms with Gasteiger partial charge in [0.25, 0.3) is 0 Å². The van der Waals surface area contributed by atoms with Crippen molar-refractivity contribution in [2.24, 2.45) is 5.92 Å². The van der Waals surface area contributed by atoms with Crippen molar-refractivity contribution in [3.8, 4) is 0 Å². The molecule has 0 heterocycles. The monoisotopic (exact) mass is 290 g/mol. The van der Waals surface area contributed by atoms with Crippen molar-refractivity contribution in [2.75, 3.05) is 0 Å². The maximum atomic E-state index is 13.7. The van der Waals surface area contributed by atoms with Crippen molar-refractivity contribution in [3.05, 3.63) is 70.5 Å². The van der Waals surface area contributed by atoms with Crippen LogP contribution >= 0.6 is 0 Å². The second-order valence-electron chi connectivity index (χ2n) is 5.32. The summed E-state index contributed by atoms with van der Waals surface area (Å²) in [5.41, 5.74) is 1.88. The molecule has 2 aromatic carbocycles. The van der Waals surface area contributed by atoms with Gasteiger partial charge in [0.05, 0.1) is 5.56 Å². The van der Waals surface area contributed by atoms with Crippen molar-refractivity contribution in [1.29, 1.82) is 0 Å². The second kappa shape index (κ2) is 5.35. The lowest BCUT2D eigenvalue weighted by molar-refractivity contribution is 0.0904. The minimum absolute atomic E-state index is 0.363. The molecule has 0 saturated carbocycles. The van der Waals surface area contributed by atoms with Crippen molar-refractivity contribution < 1.29 is 18.0 Å². The Bertz CT molecular complexity index is 709. The Morgan fingerprint density at radius 1 is 0.952 bits per heavy atom. The van der Waals surface area contributed by atoms with E-state index in [0.29, 0.717) is 25.0 Å². The molecular weight excluding hydrogens is 277 g/mol. The first-order chi connectivity index (χ1) is 10.1. The quantitative estimate of drug-likeness (QED) is 0.601. The summed E-state index contributed by atoms with van der Waals surface area (Å²) in [6.45, 7) is 0. The Kier molecular flexibility index (Phi) is 3.53. The van der Waals surface area contributed by atoms with Gasteiger partial charge >= 0.3 is 0 Å². The van der Waals surface area contributed by atoms with Gasteiger partial charge in [-0.15, -0.1) is 0 Å². The molecule has 108 valence electrons. The SMILES string of the molecule is O=C(c1cc(F)c(F)cc1F)C1CCc2ccccc2C1. The first-order valence-electron chi connectivity index (χ1n) is 6.82. The summed E-state index contributed by atoms with van der Waals surface area (Å²) in [5, 5.41) is 0. The molecule has 0 bridgehead atoms. The zero-order valence-electron chi connectivity index (χ0n) is 11.2. The normalized spacial score (nSPS) is 17.4. The number of ketones is 1. The summed E-state index contributed by atoms with van der Waals surface area (Å²) in [6.07, 6.45) is 1.83. The molecule has 0 N–H and O–H groups in total. The zero-order valence-corrected chi connectivity index (χ0v) is 11.2. The molecule has 0 radical (unpaired) electrons. The Labute approximate surface area is 120 Å². The summed E-state index contributed by atoms with van der Waals surface area (Å²) >= 11 is 0. The van der Waals surface area contributed by atoms with Crippen molar-refractivity contribution >= 4 is 5.78 Å². The third-order valence-corrected chi connectivity index (χ3v) is 3.99. The van der Waals surface area contributed by atoms with Gasteiger partial charge in [0, 0.05) is 12.0 Å². The van der Waals surface area contributed by atoms with E-state index in [9.17, 15) is 18.0 Å². The molecule has 1 nitrogen and oxygen atoms in total. The van der Waals surface area contributed by atoms with Crippen LogP contribution in [0.3, 0.4) is 0 Å². The van der Waals surface area contributed by atoms with Gasteiger partial charge in [-0.1, -0.05) is 24.3 Å². The number of benzene rings is 2. The Morgan fingerprint density at radius 3 is 2.38 bits per heavy atom. The number of rotatable bonds is 2. The smallest absolute Gasteiger partial charge is 0.169 e. The highest BCUT2D eigenvalue weighted by atomic mass is 19.2. The molecular formula is C17H13F3O. The van der Waals surface area contributed by atoms with Gasteiger partial charge in [-0.25, -0.2) is 13.2 Å². The largest absolute Gasteiger partial charge is 0.294 e. The number of halogens is 3. The molecule has 0 fully saturated rings. The summed E-state index contributed by atoms with van der Waals surface area (Å²) in [5.74, 6) is -4.33. The fraction of sp³-hybridized carbons (Fsp3) is 0.235. The van der Waals surface area contributed by atoms with E-state index < -0.39 is 23.2 Å². The van der Waals surface area contributed by atoms with Crippen LogP contribution in [0.2, 0.25) is 0 Å². The zero-order chi connectivity index (χ0) is 15.0. The van der Waals surface area contributed by atoms with E-state index in [0.717, 1.165) is 12.0 Å². The van der Waals surface area contributed by atoms with Gasteiger partial charge in [-0.3, -0.25) is 4.79 Å². The minimum atomic E-state index is -1.28. The molecule has 0 spiro atoms. The van der Waals surface area contributed by atoms with Crippen LogP contribution in [0.15, 0.2) is 36.4 Å². The van der Waals surface area contributed by atoms with Gasteiger partial charge in [-0.2, -0.15) is 0 Å². The van der Waals surface area contributed by atoms with Crippen LogP contribution < -0.4 is 0 Å². The highest BCUT2D eigenvalue weighted by Crippen LogP contribution is 2.29. The number of carbonyl (C=O) groups excluding carboxylic acids is 1. The van der Waals surface area contributed by atoms with Crippen LogP contribution in [0.5, 0.6) is 0 Å². The number of fused-ring (bicyclic) bond motifs is 1. The van der Waals surface area contributed by atoms with Crippen molar-refractivity contribution in [3.63, 3.8) is 0 Å². The number of hydrogen-bond donors (Lipinski definition) is 0. The summed E-state index contributed by atoms with van der Waals surface area (Å²) < 4.78 is 39.9.